The summed E-state index contributed by atoms with van der Waals surface area (Å²) in [5.41, 5.74) is 2.34. The van der Waals surface area contributed by atoms with E-state index in [4.69, 9.17) is 4.98 Å². The van der Waals surface area contributed by atoms with Crippen molar-refractivity contribution in [1.29, 1.82) is 0 Å². The van der Waals surface area contributed by atoms with Crippen molar-refractivity contribution in [1.82, 2.24) is 14.5 Å². The van der Waals surface area contributed by atoms with E-state index < -0.39 is 0 Å². The number of thioether (sulfide) groups is 1. The average Bonchev–Trinajstić information content (AvgIpc) is 2.75. The monoisotopic (exact) mass is 407 g/mol. The lowest BCUT2D eigenvalue weighted by Crippen LogP contribution is -2.40. The van der Waals surface area contributed by atoms with Gasteiger partial charge in [0.1, 0.15) is 0 Å². The molecule has 1 fully saturated rings. The fraction of sp³-hybridized carbons (Fsp3) is 0.348. The van der Waals surface area contributed by atoms with Gasteiger partial charge in [0.15, 0.2) is 5.16 Å². The van der Waals surface area contributed by atoms with Crippen LogP contribution in [0, 0.1) is 6.92 Å². The molecule has 1 amide bonds. The number of fused-ring (bicyclic) bond motifs is 1. The first-order valence-electron chi connectivity index (χ1n) is 10.1. The Morgan fingerprint density at radius 3 is 2.48 bits per heavy atom. The highest BCUT2D eigenvalue weighted by atomic mass is 32.2. The molecule has 0 radical (unpaired) electrons. The number of amides is 1. The zero-order valence-electron chi connectivity index (χ0n) is 16.8. The molecule has 1 aromatic heterocycles. The van der Waals surface area contributed by atoms with E-state index in [2.05, 4.69) is 0 Å². The Hall–Kier alpha value is -2.60. The number of aromatic nitrogens is 2. The normalized spacial score (nSPS) is 15.4. The summed E-state index contributed by atoms with van der Waals surface area (Å²) in [6.07, 6.45) is 3.31. The molecule has 29 heavy (non-hydrogen) atoms. The predicted molar refractivity (Wildman–Crippen MR) is 118 cm³/mol. The molecule has 1 saturated heterocycles. The van der Waals surface area contributed by atoms with E-state index in [1.807, 2.05) is 61.2 Å². The van der Waals surface area contributed by atoms with Crippen molar-refractivity contribution < 1.29 is 4.79 Å². The predicted octanol–water partition coefficient (Wildman–Crippen LogP) is 4.19. The number of nitrogens with zero attached hydrogens (tertiary/aromatic N) is 3. The van der Waals surface area contributed by atoms with Crippen molar-refractivity contribution in [3.63, 3.8) is 0 Å². The van der Waals surface area contributed by atoms with Crippen LogP contribution in [0.25, 0.3) is 16.6 Å². The molecule has 3 aromatic rings. The molecule has 0 N–H and O–H groups in total. The number of likely N-dealkylation sites (tertiary alicyclic amines) is 1. The second kappa shape index (κ2) is 8.41. The topological polar surface area (TPSA) is 55.2 Å². The summed E-state index contributed by atoms with van der Waals surface area (Å²) in [5, 5.41) is 0.826. The van der Waals surface area contributed by atoms with E-state index in [0.29, 0.717) is 16.1 Å². The molecule has 5 nitrogen and oxygen atoms in total. The first-order valence-corrected chi connectivity index (χ1v) is 11.0. The number of aryl methyl sites for hydroxylation is 1. The van der Waals surface area contributed by atoms with Crippen LogP contribution in [0.2, 0.25) is 0 Å². The van der Waals surface area contributed by atoms with Crippen molar-refractivity contribution in [3.8, 4) is 5.69 Å². The number of hydrogen-bond donors (Lipinski definition) is 0. The third-order valence-electron chi connectivity index (χ3n) is 5.40. The minimum Gasteiger partial charge on any atom is -0.342 e. The largest absolute Gasteiger partial charge is 0.342 e. The van der Waals surface area contributed by atoms with Crippen LogP contribution in [0.5, 0.6) is 0 Å². The summed E-state index contributed by atoms with van der Waals surface area (Å²) in [6.45, 7) is 5.53. The van der Waals surface area contributed by atoms with Crippen molar-refractivity contribution in [2.75, 3.05) is 13.1 Å². The summed E-state index contributed by atoms with van der Waals surface area (Å²) >= 11 is 1.37. The SMILES string of the molecule is Cc1ccccc1-n1c(S[C@H](C)C(=O)N2CCCCC2)nc2ccccc2c1=O. The minimum atomic E-state index is -0.309. The Kier molecular flexibility index (Phi) is 5.72. The van der Waals surface area contributed by atoms with Gasteiger partial charge in [0, 0.05) is 13.1 Å². The zero-order valence-corrected chi connectivity index (χ0v) is 17.6. The average molecular weight is 408 g/mol. The Morgan fingerprint density at radius 1 is 1.03 bits per heavy atom. The molecule has 0 aliphatic carbocycles. The van der Waals surface area contributed by atoms with Gasteiger partial charge in [0.05, 0.1) is 21.8 Å². The van der Waals surface area contributed by atoms with E-state index in [-0.39, 0.29) is 16.7 Å². The van der Waals surface area contributed by atoms with Crippen molar-refractivity contribution in [2.24, 2.45) is 0 Å². The van der Waals surface area contributed by atoms with Crippen LogP contribution >= 0.6 is 11.8 Å². The highest BCUT2D eigenvalue weighted by Gasteiger charge is 2.25. The van der Waals surface area contributed by atoms with Gasteiger partial charge in [-0.1, -0.05) is 42.1 Å². The lowest BCUT2D eigenvalue weighted by atomic mass is 10.1. The van der Waals surface area contributed by atoms with E-state index in [1.54, 1.807) is 10.6 Å². The maximum absolute atomic E-state index is 13.4. The smallest absolute Gasteiger partial charge is 0.266 e. The molecule has 1 atom stereocenters. The maximum atomic E-state index is 13.4. The highest BCUT2D eigenvalue weighted by Crippen LogP contribution is 2.27. The van der Waals surface area contributed by atoms with Crippen LogP contribution in [-0.2, 0) is 4.79 Å². The number of benzene rings is 2. The summed E-state index contributed by atoms with van der Waals surface area (Å²) in [4.78, 5) is 33.0. The molecule has 4 rings (SSSR count). The Morgan fingerprint density at radius 2 is 1.72 bits per heavy atom. The Labute approximate surface area is 174 Å². The van der Waals surface area contributed by atoms with Crippen LogP contribution in [0.1, 0.15) is 31.7 Å². The van der Waals surface area contributed by atoms with Crippen molar-refractivity contribution >= 4 is 28.6 Å². The standard InChI is InChI=1S/C23H25N3O2S/c1-16-10-4-7-13-20(16)26-22(28)18-11-5-6-12-19(18)24-23(26)29-17(2)21(27)25-14-8-3-9-15-25/h4-7,10-13,17H,3,8-9,14-15H2,1-2H3/t17-/m1/s1. The molecule has 150 valence electrons. The van der Waals surface area contributed by atoms with Gasteiger partial charge in [-0.3, -0.25) is 14.2 Å². The maximum Gasteiger partial charge on any atom is 0.266 e. The van der Waals surface area contributed by atoms with E-state index in [1.165, 1.54) is 18.2 Å². The van der Waals surface area contributed by atoms with Crippen molar-refractivity contribution in [2.45, 2.75) is 43.5 Å². The molecular formula is C23H25N3O2S. The molecule has 2 heterocycles. The van der Waals surface area contributed by atoms with E-state index >= 15 is 0 Å². The number of rotatable bonds is 4. The fourth-order valence-corrected chi connectivity index (χ4v) is 4.80. The van der Waals surface area contributed by atoms with Crippen LogP contribution in [0.4, 0.5) is 0 Å². The van der Waals surface area contributed by atoms with Gasteiger partial charge in [-0.05, 0) is 56.9 Å². The Balaban J connectivity index is 1.78. The highest BCUT2D eigenvalue weighted by molar-refractivity contribution is 8.00. The van der Waals surface area contributed by atoms with Gasteiger partial charge >= 0.3 is 0 Å². The summed E-state index contributed by atoms with van der Waals surface area (Å²) in [7, 11) is 0. The molecule has 0 unspecified atom stereocenters. The Bertz CT molecular complexity index is 1100. The van der Waals surface area contributed by atoms with Gasteiger partial charge in [0.25, 0.3) is 5.56 Å². The van der Waals surface area contributed by atoms with Gasteiger partial charge in [0.2, 0.25) is 5.91 Å². The minimum absolute atomic E-state index is 0.106. The number of carbonyl (C=O) groups is 1. The zero-order chi connectivity index (χ0) is 20.4. The quantitative estimate of drug-likeness (QED) is 0.481. The number of hydrogen-bond acceptors (Lipinski definition) is 4. The first kappa shape index (κ1) is 19.7. The number of carbonyl (C=O) groups excluding carboxylic acids is 1. The first-order chi connectivity index (χ1) is 14.1. The molecule has 0 saturated carbocycles. The second-order valence-corrected chi connectivity index (χ2v) is 8.79. The number of piperidine rings is 1. The molecule has 6 heteroatoms. The van der Waals surface area contributed by atoms with Crippen LogP contribution < -0.4 is 5.56 Å². The molecule has 1 aliphatic rings. The van der Waals surface area contributed by atoms with Crippen LogP contribution in [0.15, 0.2) is 58.5 Å². The summed E-state index contributed by atoms with van der Waals surface area (Å²) < 4.78 is 1.66. The fourth-order valence-electron chi connectivity index (χ4n) is 3.80. The lowest BCUT2D eigenvalue weighted by Gasteiger charge is -2.29. The number of para-hydroxylation sites is 2. The third-order valence-corrected chi connectivity index (χ3v) is 6.44. The van der Waals surface area contributed by atoms with Crippen molar-refractivity contribution in [3.05, 3.63) is 64.4 Å². The second-order valence-electron chi connectivity index (χ2n) is 7.48. The summed E-state index contributed by atoms with van der Waals surface area (Å²) in [6, 6.07) is 15.2. The van der Waals surface area contributed by atoms with Gasteiger partial charge < -0.3 is 4.90 Å². The molecule has 1 aliphatic heterocycles. The van der Waals surface area contributed by atoms with Gasteiger partial charge in [-0.15, -0.1) is 0 Å². The van der Waals surface area contributed by atoms with Gasteiger partial charge in [-0.25, -0.2) is 4.98 Å². The van der Waals surface area contributed by atoms with Gasteiger partial charge in [-0.2, -0.15) is 0 Å². The lowest BCUT2D eigenvalue weighted by molar-refractivity contribution is -0.131. The summed E-state index contributed by atoms with van der Waals surface area (Å²) in [5.74, 6) is 0.119. The molecule has 0 bridgehead atoms. The third kappa shape index (κ3) is 3.94. The van der Waals surface area contributed by atoms with E-state index in [0.717, 1.165) is 37.2 Å². The molecular weight excluding hydrogens is 382 g/mol. The van der Waals surface area contributed by atoms with Crippen LogP contribution in [-0.4, -0.2) is 38.7 Å². The van der Waals surface area contributed by atoms with Crippen LogP contribution in [0.3, 0.4) is 0 Å². The molecule has 0 spiro atoms. The molecule has 2 aromatic carbocycles. The van der Waals surface area contributed by atoms with E-state index in [9.17, 15) is 9.59 Å².